The van der Waals surface area contributed by atoms with Gasteiger partial charge in [-0.3, -0.25) is 9.59 Å². The number of rotatable bonds is 6. The second-order valence-corrected chi connectivity index (χ2v) is 8.57. The van der Waals surface area contributed by atoms with Gasteiger partial charge in [0.1, 0.15) is 0 Å². The van der Waals surface area contributed by atoms with Crippen LogP contribution in [0.4, 0.5) is 5.69 Å². The Hall–Kier alpha value is -2.71. The third kappa shape index (κ3) is 4.58. The van der Waals surface area contributed by atoms with Crippen molar-refractivity contribution in [2.24, 2.45) is 0 Å². The Kier molecular flexibility index (Phi) is 6.11. The Bertz CT molecular complexity index is 948. The van der Waals surface area contributed by atoms with E-state index in [4.69, 9.17) is 0 Å². The molecule has 0 spiro atoms. The fourth-order valence-corrected chi connectivity index (χ4v) is 4.56. The molecule has 148 valence electrons. The Morgan fingerprint density at radius 1 is 0.964 bits per heavy atom. The molecule has 7 nitrogen and oxygen atoms in total. The fourth-order valence-electron chi connectivity index (χ4n) is 3.04. The SMILES string of the molecule is CNC(=O)Cc1ccc(NC(=O)c2ccc(S(=O)(=O)N3CCCC3)cc2)cc1. The average molecular weight is 401 g/mol. The number of nitrogens with one attached hydrogen (secondary N) is 2. The molecule has 0 atom stereocenters. The van der Waals surface area contributed by atoms with Gasteiger partial charge in [0, 0.05) is 31.4 Å². The van der Waals surface area contributed by atoms with Crippen molar-refractivity contribution in [2.45, 2.75) is 24.2 Å². The smallest absolute Gasteiger partial charge is 0.255 e. The van der Waals surface area contributed by atoms with Gasteiger partial charge in [-0.1, -0.05) is 12.1 Å². The van der Waals surface area contributed by atoms with E-state index in [-0.39, 0.29) is 23.1 Å². The zero-order valence-corrected chi connectivity index (χ0v) is 16.5. The summed E-state index contributed by atoms with van der Waals surface area (Å²) in [6, 6.07) is 13.0. The molecule has 2 N–H and O–H groups in total. The van der Waals surface area contributed by atoms with Crippen molar-refractivity contribution >= 4 is 27.5 Å². The van der Waals surface area contributed by atoms with Gasteiger partial charge < -0.3 is 10.6 Å². The van der Waals surface area contributed by atoms with Gasteiger partial charge >= 0.3 is 0 Å². The molecule has 1 aliphatic heterocycles. The number of nitrogens with zero attached hydrogens (tertiary/aromatic N) is 1. The molecule has 1 fully saturated rings. The van der Waals surface area contributed by atoms with E-state index in [1.807, 2.05) is 0 Å². The van der Waals surface area contributed by atoms with Gasteiger partial charge in [0.2, 0.25) is 15.9 Å². The summed E-state index contributed by atoms with van der Waals surface area (Å²) < 4.78 is 26.5. The van der Waals surface area contributed by atoms with E-state index in [1.165, 1.54) is 28.6 Å². The number of carbonyl (C=O) groups is 2. The van der Waals surface area contributed by atoms with Crippen molar-refractivity contribution in [3.05, 3.63) is 59.7 Å². The van der Waals surface area contributed by atoms with Crippen LogP contribution in [0.5, 0.6) is 0 Å². The van der Waals surface area contributed by atoms with Crippen LogP contribution >= 0.6 is 0 Å². The zero-order chi connectivity index (χ0) is 20.1. The van der Waals surface area contributed by atoms with Crippen LogP contribution in [0.1, 0.15) is 28.8 Å². The minimum atomic E-state index is -3.49. The minimum absolute atomic E-state index is 0.0826. The monoisotopic (exact) mass is 401 g/mol. The molecule has 0 aromatic heterocycles. The van der Waals surface area contributed by atoms with Gasteiger partial charge in [0.25, 0.3) is 5.91 Å². The summed E-state index contributed by atoms with van der Waals surface area (Å²) >= 11 is 0. The minimum Gasteiger partial charge on any atom is -0.359 e. The maximum atomic E-state index is 12.5. The molecule has 28 heavy (non-hydrogen) atoms. The predicted molar refractivity (Wildman–Crippen MR) is 107 cm³/mol. The second-order valence-electron chi connectivity index (χ2n) is 6.64. The number of hydrogen-bond acceptors (Lipinski definition) is 4. The Labute approximate surface area is 164 Å². The van der Waals surface area contributed by atoms with E-state index in [2.05, 4.69) is 10.6 Å². The van der Waals surface area contributed by atoms with Crippen LogP contribution < -0.4 is 10.6 Å². The molecule has 0 bridgehead atoms. The summed E-state index contributed by atoms with van der Waals surface area (Å²) in [6.45, 7) is 1.08. The van der Waals surface area contributed by atoms with Crippen molar-refractivity contribution in [3.63, 3.8) is 0 Å². The van der Waals surface area contributed by atoms with Gasteiger partial charge in [-0.2, -0.15) is 4.31 Å². The molecule has 1 aliphatic rings. The molecule has 3 rings (SSSR count). The van der Waals surface area contributed by atoms with Crippen molar-refractivity contribution in [2.75, 3.05) is 25.5 Å². The topological polar surface area (TPSA) is 95.6 Å². The molecule has 2 amide bonds. The van der Waals surface area contributed by atoms with Crippen LogP contribution in [-0.4, -0.2) is 44.7 Å². The largest absolute Gasteiger partial charge is 0.359 e. The van der Waals surface area contributed by atoms with Gasteiger partial charge in [-0.15, -0.1) is 0 Å². The van der Waals surface area contributed by atoms with Crippen LogP contribution in [0, 0.1) is 0 Å². The van der Waals surface area contributed by atoms with E-state index in [9.17, 15) is 18.0 Å². The Morgan fingerprint density at radius 2 is 1.57 bits per heavy atom. The lowest BCUT2D eigenvalue weighted by atomic mass is 10.1. The van der Waals surface area contributed by atoms with Crippen LogP contribution in [-0.2, 0) is 21.2 Å². The molecule has 1 saturated heterocycles. The predicted octanol–water partition coefficient (Wildman–Crippen LogP) is 2.01. The number of anilines is 1. The quantitative estimate of drug-likeness (QED) is 0.774. The molecule has 2 aromatic carbocycles. The van der Waals surface area contributed by atoms with Gasteiger partial charge in [0.15, 0.2) is 0 Å². The lowest BCUT2D eigenvalue weighted by molar-refractivity contribution is -0.119. The van der Waals surface area contributed by atoms with Crippen LogP contribution in [0.25, 0.3) is 0 Å². The van der Waals surface area contributed by atoms with E-state index in [0.29, 0.717) is 24.3 Å². The van der Waals surface area contributed by atoms with Gasteiger partial charge in [-0.05, 0) is 54.8 Å². The van der Waals surface area contributed by atoms with E-state index >= 15 is 0 Å². The molecule has 2 aromatic rings. The molecule has 0 unspecified atom stereocenters. The van der Waals surface area contributed by atoms with E-state index in [0.717, 1.165) is 18.4 Å². The first-order chi connectivity index (χ1) is 13.4. The first-order valence-electron chi connectivity index (χ1n) is 9.11. The maximum Gasteiger partial charge on any atom is 0.255 e. The van der Waals surface area contributed by atoms with E-state index in [1.54, 1.807) is 31.3 Å². The number of likely N-dealkylation sites (N-methyl/N-ethyl adjacent to an activating group) is 1. The number of sulfonamides is 1. The molecule has 0 saturated carbocycles. The average Bonchev–Trinajstić information content (AvgIpc) is 3.25. The molecule has 0 radical (unpaired) electrons. The second kappa shape index (κ2) is 8.53. The fraction of sp³-hybridized carbons (Fsp3) is 0.300. The molecule has 8 heteroatoms. The van der Waals surface area contributed by atoms with Crippen molar-refractivity contribution in [1.29, 1.82) is 0 Å². The first kappa shape index (κ1) is 20.0. The van der Waals surface area contributed by atoms with Gasteiger partial charge in [-0.25, -0.2) is 8.42 Å². The molecular weight excluding hydrogens is 378 g/mol. The third-order valence-electron chi connectivity index (χ3n) is 4.67. The van der Waals surface area contributed by atoms with Crippen LogP contribution in [0.2, 0.25) is 0 Å². The van der Waals surface area contributed by atoms with Crippen LogP contribution in [0.3, 0.4) is 0 Å². The highest BCUT2D eigenvalue weighted by Gasteiger charge is 2.27. The normalized spacial score (nSPS) is 14.6. The molecule has 1 heterocycles. The molecule has 0 aliphatic carbocycles. The zero-order valence-electron chi connectivity index (χ0n) is 15.6. The summed E-state index contributed by atoms with van der Waals surface area (Å²) in [5, 5.41) is 5.33. The standard InChI is InChI=1S/C20H23N3O4S/c1-21-19(24)14-15-4-8-17(9-5-15)22-20(25)16-6-10-18(11-7-16)28(26,27)23-12-2-3-13-23/h4-11H,2-3,12-14H2,1H3,(H,21,24)(H,22,25). The summed E-state index contributed by atoms with van der Waals surface area (Å²) in [5.41, 5.74) is 1.81. The highest BCUT2D eigenvalue weighted by molar-refractivity contribution is 7.89. The summed E-state index contributed by atoms with van der Waals surface area (Å²) in [5.74, 6) is -0.412. The lowest BCUT2D eigenvalue weighted by Crippen LogP contribution is -2.27. The summed E-state index contributed by atoms with van der Waals surface area (Å²) in [6.07, 6.45) is 2.03. The number of hydrogen-bond donors (Lipinski definition) is 2. The number of amides is 2. The van der Waals surface area contributed by atoms with Gasteiger partial charge in [0.05, 0.1) is 11.3 Å². The summed E-state index contributed by atoms with van der Waals surface area (Å²) in [7, 11) is -1.91. The Balaban J connectivity index is 1.65. The Morgan fingerprint density at radius 3 is 2.14 bits per heavy atom. The molecular formula is C20H23N3O4S. The lowest BCUT2D eigenvalue weighted by Gasteiger charge is -2.15. The highest BCUT2D eigenvalue weighted by Crippen LogP contribution is 2.21. The van der Waals surface area contributed by atoms with E-state index < -0.39 is 10.0 Å². The highest BCUT2D eigenvalue weighted by atomic mass is 32.2. The third-order valence-corrected chi connectivity index (χ3v) is 6.59. The summed E-state index contributed by atoms with van der Waals surface area (Å²) in [4.78, 5) is 24.0. The maximum absolute atomic E-state index is 12.5. The number of carbonyl (C=O) groups excluding carboxylic acids is 2. The van der Waals surface area contributed by atoms with Crippen molar-refractivity contribution in [1.82, 2.24) is 9.62 Å². The van der Waals surface area contributed by atoms with Crippen molar-refractivity contribution < 1.29 is 18.0 Å². The van der Waals surface area contributed by atoms with Crippen LogP contribution in [0.15, 0.2) is 53.4 Å². The van der Waals surface area contributed by atoms with Crippen molar-refractivity contribution in [3.8, 4) is 0 Å². The number of benzene rings is 2. The first-order valence-corrected chi connectivity index (χ1v) is 10.6.